The van der Waals surface area contributed by atoms with Gasteiger partial charge in [-0.25, -0.2) is 0 Å². The minimum atomic E-state index is -4.99. The second kappa shape index (κ2) is 5.86. The summed E-state index contributed by atoms with van der Waals surface area (Å²) in [6.07, 6.45) is -4.44. The summed E-state index contributed by atoms with van der Waals surface area (Å²) in [4.78, 5) is 25.5. The Balaban J connectivity index is 2.17. The Morgan fingerprint density at radius 1 is 1.27 bits per heavy atom. The molecule has 5 nitrogen and oxygen atoms in total. The molecule has 1 fully saturated rings. The first-order chi connectivity index (χ1) is 10.2. The molecule has 1 unspecified atom stereocenters. The van der Waals surface area contributed by atoms with Crippen molar-refractivity contribution in [2.75, 3.05) is 18.5 Å². The van der Waals surface area contributed by atoms with E-state index >= 15 is 0 Å². The lowest BCUT2D eigenvalue weighted by Gasteiger charge is -2.28. The van der Waals surface area contributed by atoms with E-state index in [0.29, 0.717) is 17.0 Å². The molecule has 120 valence electrons. The molecule has 8 heteroatoms. The molecule has 2 rings (SSSR count). The number of phenols is 1. The number of nitrogens with zero attached hydrogens (tertiary/aromatic N) is 2. The van der Waals surface area contributed by atoms with Gasteiger partial charge in [-0.3, -0.25) is 9.59 Å². The number of rotatable bonds is 2. The molecule has 1 aromatic carbocycles. The van der Waals surface area contributed by atoms with Crippen LogP contribution in [0.2, 0.25) is 0 Å². The van der Waals surface area contributed by atoms with Crippen LogP contribution in [0.5, 0.6) is 5.75 Å². The van der Waals surface area contributed by atoms with Gasteiger partial charge >= 0.3 is 12.1 Å². The molecule has 0 radical (unpaired) electrons. The molecule has 1 aromatic rings. The van der Waals surface area contributed by atoms with Crippen molar-refractivity contribution < 1.29 is 27.9 Å². The summed E-state index contributed by atoms with van der Waals surface area (Å²) >= 11 is 0. The number of carbonyl (C=O) groups excluding carboxylic acids is 2. The van der Waals surface area contributed by atoms with Crippen molar-refractivity contribution in [1.82, 2.24) is 4.90 Å². The van der Waals surface area contributed by atoms with E-state index in [0.717, 1.165) is 0 Å². The standard InChI is InChI=1S/C14H15F3N2O3/c1-18(9-4-6-10(20)7-5-9)12(21)11-3-2-8-19(11)13(22)14(15,16)17/h4-7,11,20H,2-3,8H2,1H3. The fourth-order valence-corrected chi connectivity index (χ4v) is 2.46. The number of anilines is 1. The molecule has 1 aliphatic rings. The van der Waals surface area contributed by atoms with Crippen LogP contribution in [-0.4, -0.2) is 47.6 Å². The number of hydrogen-bond acceptors (Lipinski definition) is 3. The predicted octanol–water partition coefficient (Wildman–Crippen LogP) is 1.91. The number of likely N-dealkylation sites (tertiary alicyclic amines) is 1. The highest BCUT2D eigenvalue weighted by molar-refractivity contribution is 5.99. The average molecular weight is 316 g/mol. The van der Waals surface area contributed by atoms with E-state index in [1.807, 2.05) is 0 Å². The average Bonchev–Trinajstić information content (AvgIpc) is 2.93. The summed E-state index contributed by atoms with van der Waals surface area (Å²) in [6, 6.07) is 4.56. The SMILES string of the molecule is CN(C(=O)C1CCCN1C(=O)C(F)(F)F)c1ccc(O)cc1. The minimum Gasteiger partial charge on any atom is -0.508 e. The summed E-state index contributed by atoms with van der Waals surface area (Å²) in [6.45, 7) is -0.0852. The lowest BCUT2D eigenvalue weighted by molar-refractivity contribution is -0.186. The summed E-state index contributed by atoms with van der Waals surface area (Å²) < 4.78 is 37.7. The largest absolute Gasteiger partial charge is 0.508 e. The molecule has 22 heavy (non-hydrogen) atoms. The van der Waals surface area contributed by atoms with Crippen molar-refractivity contribution in [3.05, 3.63) is 24.3 Å². The van der Waals surface area contributed by atoms with Crippen LogP contribution in [0.25, 0.3) is 0 Å². The highest BCUT2D eigenvalue weighted by Crippen LogP contribution is 2.28. The van der Waals surface area contributed by atoms with Gasteiger partial charge in [0.2, 0.25) is 5.91 Å². The van der Waals surface area contributed by atoms with E-state index in [2.05, 4.69) is 0 Å². The van der Waals surface area contributed by atoms with Crippen LogP contribution in [-0.2, 0) is 9.59 Å². The molecule has 2 amide bonds. The van der Waals surface area contributed by atoms with Crippen LogP contribution < -0.4 is 4.90 Å². The molecule has 0 aliphatic carbocycles. The first-order valence-corrected chi connectivity index (χ1v) is 6.66. The van der Waals surface area contributed by atoms with Crippen LogP contribution in [0.4, 0.5) is 18.9 Å². The number of likely N-dealkylation sites (N-methyl/N-ethyl adjacent to an activating group) is 1. The number of hydrogen-bond donors (Lipinski definition) is 1. The normalized spacial score (nSPS) is 18.4. The van der Waals surface area contributed by atoms with Crippen molar-refractivity contribution in [3.8, 4) is 5.75 Å². The van der Waals surface area contributed by atoms with E-state index in [9.17, 15) is 27.9 Å². The number of halogens is 3. The monoisotopic (exact) mass is 316 g/mol. The molecular formula is C14H15F3N2O3. The highest BCUT2D eigenvalue weighted by Gasteiger charge is 2.48. The summed E-state index contributed by atoms with van der Waals surface area (Å²) in [5, 5.41) is 9.21. The van der Waals surface area contributed by atoms with Gasteiger partial charge in [0.25, 0.3) is 0 Å². The van der Waals surface area contributed by atoms with Crippen LogP contribution in [0.3, 0.4) is 0 Å². The molecule has 1 atom stereocenters. The van der Waals surface area contributed by atoms with Crippen LogP contribution in [0.15, 0.2) is 24.3 Å². The van der Waals surface area contributed by atoms with Crippen molar-refractivity contribution in [2.45, 2.75) is 25.1 Å². The quantitative estimate of drug-likeness (QED) is 0.906. The number of amides is 2. The lowest BCUT2D eigenvalue weighted by Crippen LogP contribution is -2.50. The second-order valence-electron chi connectivity index (χ2n) is 5.07. The maximum absolute atomic E-state index is 12.6. The van der Waals surface area contributed by atoms with Gasteiger partial charge in [0.05, 0.1) is 0 Å². The molecule has 0 aromatic heterocycles. The molecule has 0 spiro atoms. The van der Waals surface area contributed by atoms with Gasteiger partial charge in [0, 0.05) is 19.3 Å². The Hall–Kier alpha value is -2.25. The first-order valence-electron chi connectivity index (χ1n) is 6.66. The third-order valence-electron chi connectivity index (χ3n) is 3.61. The smallest absolute Gasteiger partial charge is 0.471 e. The zero-order valence-corrected chi connectivity index (χ0v) is 11.8. The fraction of sp³-hybridized carbons (Fsp3) is 0.429. The van der Waals surface area contributed by atoms with Gasteiger partial charge in [-0.05, 0) is 37.1 Å². The van der Waals surface area contributed by atoms with Crippen LogP contribution in [0.1, 0.15) is 12.8 Å². The molecular weight excluding hydrogens is 301 g/mol. The van der Waals surface area contributed by atoms with Gasteiger partial charge in [-0.1, -0.05) is 0 Å². The number of benzene rings is 1. The Labute approximate surface area is 124 Å². The number of alkyl halides is 3. The van der Waals surface area contributed by atoms with Crippen molar-refractivity contribution in [2.24, 2.45) is 0 Å². The van der Waals surface area contributed by atoms with Crippen molar-refractivity contribution in [3.63, 3.8) is 0 Å². The van der Waals surface area contributed by atoms with Gasteiger partial charge < -0.3 is 14.9 Å². The molecule has 1 N–H and O–H groups in total. The minimum absolute atomic E-state index is 0.0133. The molecule has 1 saturated heterocycles. The van der Waals surface area contributed by atoms with E-state index in [4.69, 9.17) is 0 Å². The van der Waals surface area contributed by atoms with E-state index < -0.39 is 24.0 Å². The number of carbonyl (C=O) groups is 2. The van der Waals surface area contributed by atoms with E-state index in [1.54, 1.807) is 0 Å². The predicted molar refractivity (Wildman–Crippen MR) is 72.3 cm³/mol. The zero-order valence-electron chi connectivity index (χ0n) is 11.8. The van der Waals surface area contributed by atoms with Gasteiger partial charge in [-0.2, -0.15) is 13.2 Å². The molecule has 1 heterocycles. The van der Waals surface area contributed by atoms with Crippen LogP contribution in [0, 0.1) is 0 Å². The highest BCUT2D eigenvalue weighted by atomic mass is 19.4. The lowest BCUT2D eigenvalue weighted by atomic mass is 10.1. The van der Waals surface area contributed by atoms with Gasteiger partial charge in [-0.15, -0.1) is 0 Å². The van der Waals surface area contributed by atoms with Gasteiger partial charge in [0.1, 0.15) is 11.8 Å². The Morgan fingerprint density at radius 2 is 1.86 bits per heavy atom. The van der Waals surface area contributed by atoms with Crippen molar-refractivity contribution >= 4 is 17.5 Å². The van der Waals surface area contributed by atoms with E-state index in [1.165, 1.54) is 36.2 Å². The summed E-state index contributed by atoms with van der Waals surface area (Å²) in [7, 11) is 1.42. The summed E-state index contributed by atoms with van der Waals surface area (Å²) in [5.41, 5.74) is 0.425. The Bertz CT molecular complexity index is 572. The number of phenolic OH excluding ortho intramolecular Hbond substituents is 1. The van der Waals surface area contributed by atoms with Gasteiger partial charge in [0.15, 0.2) is 0 Å². The van der Waals surface area contributed by atoms with E-state index in [-0.39, 0.29) is 18.7 Å². The Morgan fingerprint density at radius 3 is 2.41 bits per heavy atom. The van der Waals surface area contributed by atoms with Crippen molar-refractivity contribution in [1.29, 1.82) is 0 Å². The second-order valence-corrected chi connectivity index (χ2v) is 5.07. The maximum atomic E-state index is 12.6. The first kappa shape index (κ1) is 16.1. The summed E-state index contributed by atoms with van der Waals surface area (Å²) in [5.74, 6) is -2.55. The third-order valence-corrected chi connectivity index (χ3v) is 3.61. The molecule has 0 saturated carbocycles. The fourth-order valence-electron chi connectivity index (χ4n) is 2.46. The number of aromatic hydroxyl groups is 1. The maximum Gasteiger partial charge on any atom is 0.471 e. The molecule has 0 bridgehead atoms. The third kappa shape index (κ3) is 3.15. The Kier molecular flexibility index (Phi) is 4.30. The topological polar surface area (TPSA) is 60.9 Å². The van der Waals surface area contributed by atoms with Crippen LogP contribution >= 0.6 is 0 Å². The molecule has 1 aliphatic heterocycles. The zero-order chi connectivity index (χ0) is 16.5.